The number of carbonyl (C=O) groups excluding carboxylic acids is 1. The van der Waals surface area contributed by atoms with Gasteiger partial charge in [-0.15, -0.1) is 0 Å². The number of nitrogens with one attached hydrogen (secondary N) is 1. The van der Waals surface area contributed by atoms with Gasteiger partial charge in [0, 0.05) is 18.1 Å². The van der Waals surface area contributed by atoms with Crippen LogP contribution in [-0.4, -0.2) is 44.9 Å². The van der Waals surface area contributed by atoms with Crippen LogP contribution in [0.1, 0.15) is 38.3 Å². The Morgan fingerprint density at radius 3 is 2.63 bits per heavy atom. The monoisotopic (exact) mass is 390 g/mol. The largest absolute Gasteiger partial charge is 0.481 e. The van der Waals surface area contributed by atoms with Crippen LogP contribution in [0.15, 0.2) is 30.5 Å². The summed E-state index contributed by atoms with van der Waals surface area (Å²) < 4.78 is 1.78. The standard InChI is InChI=1S/C19H23ClN4O3/c1-12(2)17-16(10-21-24(17)15-7-5-14(20)6-8-15)22-19(27)23-9-3-4-13(11-23)18(25)26/h5-8,10,12-13H,3-4,9,11H2,1-2H3,(H,22,27)(H,25,26). The van der Waals surface area contributed by atoms with Gasteiger partial charge in [0.25, 0.3) is 0 Å². The van der Waals surface area contributed by atoms with Crippen LogP contribution in [0.3, 0.4) is 0 Å². The number of carboxylic acid groups (broad SMARTS) is 1. The lowest BCUT2D eigenvalue weighted by Crippen LogP contribution is -2.44. The molecule has 1 aromatic heterocycles. The zero-order valence-electron chi connectivity index (χ0n) is 15.4. The van der Waals surface area contributed by atoms with Gasteiger partial charge in [-0.1, -0.05) is 25.4 Å². The smallest absolute Gasteiger partial charge is 0.321 e. The van der Waals surface area contributed by atoms with E-state index in [1.165, 1.54) is 0 Å². The van der Waals surface area contributed by atoms with E-state index in [1.807, 2.05) is 26.0 Å². The minimum atomic E-state index is -0.856. The number of likely N-dealkylation sites (tertiary alicyclic amines) is 1. The molecule has 2 N–H and O–H groups in total. The molecule has 2 aromatic rings. The molecule has 2 heterocycles. The summed E-state index contributed by atoms with van der Waals surface area (Å²) in [5.41, 5.74) is 2.35. The molecule has 1 aliphatic heterocycles. The minimum absolute atomic E-state index is 0.117. The lowest BCUT2D eigenvalue weighted by atomic mass is 9.99. The summed E-state index contributed by atoms with van der Waals surface area (Å²) in [6.45, 7) is 4.84. The topological polar surface area (TPSA) is 87.5 Å². The second kappa shape index (κ2) is 8.00. The van der Waals surface area contributed by atoms with Crippen molar-refractivity contribution in [3.8, 4) is 5.69 Å². The van der Waals surface area contributed by atoms with Gasteiger partial charge in [0.05, 0.1) is 29.2 Å². The summed E-state index contributed by atoms with van der Waals surface area (Å²) in [7, 11) is 0. The Balaban J connectivity index is 1.81. The zero-order chi connectivity index (χ0) is 19.6. The number of carboxylic acids is 1. The molecule has 0 spiro atoms. The Hall–Kier alpha value is -2.54. The first-order valence-corrected chi connectivity index (χ1v) is 9.37. The second-order valence-corrected chi connectivity index (χ2v) is 7.48. The van der Waals surface area contributed by atoms with Gasteiger partial charge in [-0.05, 0) is 43.0 Å². The number of rotatable bonds is 4. The van der Waals surface area contributed by atoms with E-state index in [-0.39, 0.29) is 18.5 Å². The lowest BCUT2D eigenvalue weighted by molar-refractivity contribution is -0.143. The van der Waals surface area contributed by atoms with Crippen LogP contribution in [-0.2, 0) is 4.79 Å². The van der Waals surface area contributed by atoms with E-state index >= 15 is 0 Å². The highest BCUT2D eigenvalue weighted by molar-refractivity contribution is 6.30. The lowest BCUT2D eigenvalue weighted by Gasteiger charge is -2.30. The van der Waals surface area contributed by atoms with Crippen LogP contribution < -0.4 is 5.32 Å². The summed E-state index contributed by atoms with van der Waals surface area (Å²) in [6.07, 6.45) is 2.91. The van der Waals surface area contributed by atoms with Crippen molar-refractivity contribution in [3.05, 3.63) is 41.2 Å². The number of piperidine rings is 1. The average molecular weight is 391 g/mol. The molecule has 1 fully saturated rings. The first-order valence-electron chi connectivity index (χ1n) is 8.99. The molecule has 0 saturated carbocycles. The fraction of sp³-hybridized carbons (Fsp3) is 0.421. The first-order chi connectivity index (χ1) is 12.9. The van der Waals surface area contributed by atoms with E-state index in [1.54, 1.807) is 27.9 Å². The molecule has 1 aromatic carbocycles. The number of hydrogen-bond donors (Lipinski definition) is 2. The van der Waals surface area contributed by atoms with Crippen molar-refractivity contribution in [2.75, 3.05) is 18.4 Å². The number of amides is 2. The highest BCUT2D eigenvalue weighted by atomic mass is 35.5. The molecule has 8 heteroatoms. The Morgan fingerprint density at radius 2 is 2.00 bits per heavy atom. The summed E-state index contributed by atoms with van der Waals surface area (Å²) in [5.74, 6) is -1.25. The number of hydrogen-bond acceptors (Lipinski definition) is 3. The van der Waals surface area contributed by atoms with Crippen LogP contribution in [0.4, 0.5) is 10.5 Å². The number of aromatic nitrogens is 2. The fourth-order valence-electron chi connectivity index (χ4n) is 3.36. The van der Waals surface area contributed by atoms with E-state index < -0.39 is 11.9 Å². The van der Waals surface area contributed by atoms with E-state index in [0.29, 0.717) is 30.1 Å². The Kier molecular flexibility index (Phi) is 5.70. The van der Waals surface area contributed by atoms with Gasteiger partial charge in [0.1, 0.15) is 0 Å². The molecule has 1 saturated heterocycles. The van der Waals surface area contributed by atoms with E-state index in [4.69, 9.17) is 11.6 Å². The minimum Gasteiger partial charge on any atom is -0.481 e. The number of halogens is 1. The molecule has 0 bridgehead atoms. The molecule has 144 valence electrons. The van der Waals surface area contributed by atoms with Crippen molar-refractivity contribution in [2.45, 2.75) is 32.6 Å². The molecule has 0 aliphatic carbocycles. The molecule has 1 atom stereocenters. The summed E-state index contributed by atoms with van der Waals surface area (Å²) in [5, 5.41) is 17.2. The van der Waals surface area contributed by atoms with E-state index in [9.17, 15) is 14.7 Å². The van der Waals surface area contributed by atoms with Crippen molar-refractivity contribution in [1.29, 1.82) is 0 Å². The summed E-state index contributed by atoms with van der Waals surface area (Å²) in [6, 6.07) is 7.03. The Labute approximate surface area is 162 Å². The molecule has 7 nitrogen and oxygen atoms in total. The normalized spacial score (nSPS) is 17.2. The SMILES string of the molecule is CC(C)c1c(NC(=O)N2CCCC(C(=O)O)C2)cnn1-c1ccc(Cl)cc1. The van der Waals surface area contributed by atoms with Crippen molar-refractivity contribution in [2.24, 2.45) is 5.92 Å². The Bertz CT molecular complexity index is 832. The first kappa shape index (κ1) is 19.2. The number of anilines is 1. The van der Waals surface area contributed by atoms with Crippen molar-refractivity contribution >= 4 is 29.3 Å². The fourth-order valence-corrected chi connectivity index (χ4v) is 3.48. The van der Waals surface area contributed by atoms with Crippen molar-refractivity contribution in [3.63, 3.8) is 0 Å². The maximum Gasteiger partial charge on any atom is 0.321 e. The number of urea groups is 1. The molecule has 3 rings (SSSR count). The molecule has 2 amide bonds. The molecular weight excluding hydrogens is 368 g/mol. The van der Waals surface area contributed by atoms with E-state index in [0.717, 1.165) is 11.4 Å². The third kappa shape index (κ3) is 4.24. The number of carbonyl (C=O) groups is 2. The number of benzene rings is 1. The van der Waals surface area contributed by atoms with Gasteiger partial charge in [0.15, 0.2) is 0 Å². The van der Waals surface area contributed by atoms with Crippen LogP contribution >= 0.6 is 11.6 Å². The maximum atomic E-state index is 12.7. The zero-order valence-corrected chi connectivity index (χ0v) is 16.1. The van der Waals surface area contributed by atoms with Crippen molar-refractivity contribution in [1.82, 2.24) is 14.7 Å². The summed E-state index contributed by atoms with van der Waals surface area (Å²) in [4.78, 5) is 25.5. The third-order valence-electron chi connectivity index (χ3n) is 4.72. The number of aliphatic carboxylic acids is 1. The number of nitrogens with zero attached hydrogens (tertiary/aromatic N) is 3. The highest BCUT2D eigenvalue weighted by Gasteiger charge is 2.29. The van der Waals surface area contributed by atoms with Crippen LogP contribution in [0.5, 0.6) is 0 Å². The van der Waals surface area contributed by atoms with Crippen LogP contribution in [0.2, 0.25) is 5.02 Å². The summed E-state index contributed by atoms with van der Waals surface area (Å²) >= 11 is 5.96. The van der Waals surface area contributed by atoms with Gasteiger partial charge in [0.2, 0.25) is 0 Å². The van der Waals surface area contributed by atoms with Gasteiger partial charge in [-0.3, -0.25) is 4.79 Å². The molecule has 1 aliphatic rings. The molecule has 1 unspecified atom stereocenters. The molecule has 0 radical (unpaired) electrons. The van der Waals surface area contributed by atoms with Crippen molar-refractivity contribution < 1.29 is 14.7 Å². The van der Waals surface area contributed by atoms with Crippen LogP contribution in [0, 0.1) is 5.92 Å². The third-order valence-corrected chi connectivity index (χ3v) is 4.98. The quantitative estimate of drug-likeness (QED) is 0.826. The average Bonchev–Trinajstić information content (AvgIpc) is 3.06. The van der Waals surface area contributed by atoms with Gasteiger partial charge in [-0.2, -0.15) is 5.10 Å². The Morgan fingerprint density at radius 1 is 1.30 bits per heavy atom. The highest BCUT2D eigenvalue weighted by Crippen LogP contribution is 2.28. The second-order valence-electron chi connectivity index (χ2n) is 7.04. The van der Waals surface area contributed by atoms with E-state index in [2.05, 4.69) is 10.4 Å². The van der Waals surface area contributed by atoms with Gasteiger partial charge in [-0.25, -0.2) is 9.48 Å². The van der Waals surface area contributed by atoms with Gasteiger partial charge >= 0.3 is 12.0 Å². The van der Waals surface area contributed by atoms with Crippen LogP contribution in [0.25, 0.3) is 5.69 Å². The molecular formula is C19H23ClN4O3. The predicted octanol–water partition coefficient (Wildman–Crippen LogP) is 3.98. The molecule has 27 heavy (non-hydrogen) atoms. The predicted molar refractivity (Wildman–Crippen MR) is 104 cm³/mol. The van der Waals surface area contributed by atoms with Gasteiger partial charge < -0.3 is 15.3 Å². The maximum absolute atomic E-state index is 12.7.